The lowest BCUT2D eigenvalue weighted by Gasteiger charge is -2.17. The summed E-state index contributed by atoms with van der Waals surface area (Å²) in [6.07, 6.45) is 0. The molecule has 0 atom stereocenters. The molecule has 40 heavy (non-hydrogen) atoms. The van der Waals surface area contributed by atoms with Crippen molar-refractivity contribution in [3.05, 3.63) is 158 Å². The number of rotatable bonds is 3. The van der Waals surface area contributed by atoms with E-state index in [0.717, 1.165) is 0 Å². The second kappa shape index (κ2) is 9.22. The second-order valence-electron chi connectivity index (χ2n) is 10.5. The van der Waals surface area contributed by atoms with Crippen molar-refractivity contribution in [2.45, 2.75) is 0 Å². The Labute approximate surface area is 233 Å². The largest absolute Gasteiger partial charge is 0.0622 e. The van der Waals surface area contributed by atoms with Gasteiger partial charge in [-0.1, -0.05) is 140 Å². The number of hydrogen-bond donors (Lipinski definition) is 0. The molecular weight excluding hydrogens is 480 g/mol. The summed E-state index contributed by atoms with van der Waals surface area (Å²) < 4.78 is 0. The van der Waals surface area contributed by atoms with Crippen molar-refractivity contribution in [3.63, 3.8) is 0 Å². The molecule has 0 unspecified atom stereocenters. The van der Waals surface area contributed by atoms with Crippen LogP contribution >= 0.6 is 0 Å². The molecule has 0 aliphatic carbocycles. The summed E-state index contributed by atoms with van der Waals surface area (Å²) in [6, 6.07) is 57.5. The van der Waals surface area contributed by atoms with Crippen LogP contribution in [0.1, 0.15) is 0 Å². The first kappa shape index (κ1) is 22.8. The maximum Gasteiger partial charge on any atom is -0.00199 e. The molecule has 0 saturated carbocycles. The zero-order valence-electron chi connectivity index (χ0n) is 22.0. The standard InChI is InChI=1S/C40H26/c1-3-12-27(13-4-1)29-16-11-17-30(24-29)31-22-23-36-38(25-31)32-18-7-8-19-33(32)39-26-37(28-14-5-2-6-15-28)34-20-9-10-21-35(34)40(36)39/h1-26H. The lowest BCUT2D eigenvalue weighted by Crippen LogP contribution is -1.89. The van der Waals surface area contributed by atoms with Crippen LogP contribution in [-0.4, -0.2) is 0 Å². The van der Waals surface area contributed by atoms with Crippen molar-refractivity contribution in [1.29, 1.82) is 0 Å². The Kier molecular flexibility index (Phi) is 5.24. The topological polar surface area (TPSA) is 0 Å². The van der Waals surface area contributed by atoms with Gasteiger partial charge in [-0.05, 0) is 94.7 Å². The van der Waals surface area contributed by atoms with E-state index in [2.05, 4.69) is 158 Å². The quantitative estimate of drug-likeness (QED) is 0.209. The zero-order valence-corrected chi connectivity index (χ0v) is 22.0. The second-order valence-corrected chi connectivity index (χ2v) is 10.5. The van der Waals surface area contributed by atoms with Crippen molar-refractivity contribution < 1.29 is 0 Å². The Balaban J connectivity index is 1.44. The minimum atomic E-state index is 1.23. The number of hydrogen-bond acceptors (Lipinski definition) is 0. The molecule has 0 radical (unpaired) electrons. The lowest BCUT2D eigenvalue weighted by molar-refractivity contribution is 1.60. The molecule has 0 N–H and O–H groups in total. The van der Waals surface area contributed by atoms with E-state index in [1.807, 2.05) is 0 Å². The van der Waals surface area contributed by atoms with Crippen molar-refractivity contribution in [3.8, 4) is 33.4 Å². The Morgan fingerprint density at radius 1 is 0.225 bits per heavy atom. The third-order valence-corrected chi connectivity index (χ3v) is 8.23. The molecule has 0 nitrogen and oxygen atoms in total. The van der Waals surface area contributed by atoms with E-state index in [0.29, 0.717) is 0 Å². The molecule has 0 aromatic heterocycles. The summed E-state index contributed by atoms with van der Waals surface area (Å²) in [5, 5.41) is 10.4. The third kappa shape index (κ3) is 3.61. The summed E-state index contributed by atoms with van der Waals surface area (Å²) in [5.41, 5.74) is 7.47. The number of benzene rings is 8. The van der Waals surface area contributed by atoms with E-state index < -0.39 is 0 Å². The highest BCUT2D eigenvalue weighted by Crippen LogP contribution is 2.43. The average molecular weight is 507 g/mol. The molecule has 0 spiro atoms. The van der Waals surface area contributed by atoms with Gasteiger partial charge in [-0.25, -0.2) is 0 Å². The van der Waals surface area contributed by atoms with Gasteiger partial charge >= 0.3 is 0 Å². The fourth-order valence-electron chi connectivity index (χ4n) is 6.36. The van der Waals surface area contributed by atoms with E-state index in [-0.39, 0.29) is 0 Å². The fourth-order valence-corrected chi connectivity index (χ4v) is 6.36. The Morgan fingerprint density at radius 3 is 1.45 bits per heavy atom. The van der Waals surface area contributed by atoms with Crippen LogP contribution in [0.3, 0.4) is 0 Å². The first-order chi connectivity index (χ1) is 19.8. The summed E-state index contributed by atoms with van der Waals surface area (Å²) in [7, 11) is 0. The van der Waals surface area contributed by atoms with E-state index in [1.165, 1.54) is 76.5 Å². The fraction of sp³-hybridized carbons (Fsp3) is 0. The van der Waals surface area contributed by atoms with Crippen LogP contribution in [0.15, 0.2) is 158 Å². The molecule has 8 aromatic carbocycles. The normalized spacial score (nSPS) is 11.5. The van der Waals surface area contributed by atoms with Crippen LogP contribution in [0.5, 0.6) is 0 Å². The van der Waals surface area contributed by atoms with Gasteiger partial charge in [0.2, 0.25) is 0 Å². The molecule has 0 heterocycles. The van der Waals surface area contributed by atoms with Crippen LogP contribution in [0.2, 0.25) is 0 Å². The highest BCUT2D eigenvalue weighted by Gasteiger charge is 2.15. The molecule has 0 heteroatoms. The summed E-state index contributed by atoms with van der Waals surface area (Å²) in [5.74, 6) is 0. The highest BCUT2D eigenvalue weighted by molar-refractivity contribution is 6.33. The lowest BCUT2D eigenvalue weighted by atomic mass is 9.86. The molecular formula is C40H26. The molecule has 8 rings (SSSR count). The zero-order chi connectivity index (χ0) is 26.5. The van der Waals surface area contributed by atoms with Crippen molar-refractivity contribution in [2.75, 3.05) is 0 Å². The molecule has 0 saturated heterocycles. The van der Waals surface area contributed by atoms with Crippen LogP contribution < -0.4 is 0 Å². The van der Waals surface area contributed by atoms with Crippen LogP contribution in [0.25, 0.3) is 76.5 Å². The van der Waals surface area contributed by atoms with Gasteiger partial charge < -0.3 is 0 Å². The Hall–Kier alpha value is -5.20. The van der Waals surface area contributed by atoms with Gasteiger partial charge in [0.05, 0.1) is 0 Å². The predicted octanol–water partition coefficient (Wildman–Crippen LogP) is 11.3. The van der Waals surface area contributed by atoms with Gasteiger partial charge in [-0.15, -0.1) is 0 Å². The van der Waals surface area contributed by atoms with Gasteiger partial charge in [0, 0.05) is 0 Å². The van der Waals surface area contributed by atoms with Gasteiger partial charge in [0.15, 0.2) is 0 Å². The van der Waals surface area contributed by atoms with Crippen LogP contribution in [0, 0.1) is 0 Å². The molecule has 0 aliphatic heterocycles. The molecule has 0 aliphatic rings. The monoisotopic (exact) mass is 506 g/mol. The minimum absolute atomic E-state index is 1.23. The van der Waals surface area contributed by atoms with Gasteiger partial charge in [0.25, 0.3) is 0 Å². The van der Waals surface area contributed by atoms with Gasteiger partial charge in [-0.3, -0.25) is 0 Å². The SMILES string of the molecule is c1ccc(-c2cccc(-c3ccc4c(c3)c3ccccc3c3cc(-c5ccccc5)c5ccccc5c43)c2)cc1. The first-order valence-electron chi connectivity index (χ1n) is 13.9. The van der Waals surface area contributed by atoms with Crippen molar-refractivity contribution >= 4 is 43.1 Å². The van der Waals surface area contributed by atoms with Gasteiger partial charge in [0.1, 0.15) is 0 Å². The highest BCUT2D eigenvalue weighted by atomic mass is 14.2. The van der Waals surface area contributed by atoms with Crippen molar-refractivity contribution in [2.24, 2.45) is 0 Å². The van der Waals surface area contributed by atoms with Crippen LogP contribution in [0.4, 0.5) is 0 Å². The first-order valence-corrected chi connectivity index (χ1v) is 13.9. The summed E-state index contributed by atoms with van der Waals surface area (Å²) in [6.45, 7) is 0. The van der Waals surface area contributed by atoms with E-state index in [9.17, 15) is 0 Å². The minimum Gasteiger partial charge on any atom is -0.0622 e. The predicted molar refractivity (Wildman–Crippen MR) is 173 cm³/mol. The van der Waals surface area contributed by atoms with Crippen molar-refractivity contribution in [1.82, 2.24) is 0 Å². The Morgan fingerprint density at radius 2 is 0.725 bits per heavy atom. The van der Waals surface area contributed by atoms with E-state index in [1.54, 1.807) is 0 Å². The van der Waals surface area contributed by atoms with E-state index >= 15 is 0 Å². The third-order valence-electron chi connectivity index (χ3n) is 8.23. The maximum absolute atomic E-state index is 2.41. The molecule has 0 bridgehead atoms. The maximum atomic E-state index is 2.41. The Bertz CT molecular complexity index is 2190. The average Bonchev–Trinajstić information content (AvgIpc) is 3.05. The molecule has 186 valence electrons. The van der Waals surface area contributed by atoms with E-state index in [4.69, 9.17) is 0 Å². The summed E-state index contributed by atoms with van der Waals surface area (Å²) in [4.78, 5) is 0. The van der Waals surface area contributed by atoms with Crippen LogP contribution in [-0.2, 0) is 0 Å². The molecule has 0 fully saturated rings. The molecule has 8 aromatic rings. The number of fused-ring (bicyclic) bond motifs is 8. The van der Waals surface area contributed by atoms with Gasteiger partial charge in [-0.2, -0.15) is 0 Å². The smallest absolute Gasteiger partial charge is 0.00199 e. The summed E-state index contributed by atoms with van der Waals surface area (Å²) >= 11 is 0. The molecule has 0 amide bonds.